The molecule has 0 radical (unpaired) electrons. The molecular weight excluding hydrogens is 252 g/mol. The second-order valence-corrected chi connectivity index (χ2v) is 4.89. The van der Waals surface area contributed by atoms with Crippen LogP contribution in [-0.4, -0.2) is 51.9 Å². The molecule has 0 spiro atoms. The van der Waals surface area contributed by atoms with Crippen LogP contribution in [0.15, 0.2) is 24.3 Å². The number of para-hydroxylation sites is 1. The molecule has 0 saturated heterocycles. The molecule has 114 valence electrons. The highest BCUT2D eigenvalue weighted by Gasteiger charge is 2.03. The van der Waals surface area contributed by atoms with E-state index in [0.717, 1.165) is 45.0 Å². The van der Waals surface area contributed by atoms with Crippen molar-refractivity contribution in [2.45, 2.75) is 19.9 Å². The van der Waals surface area contributed by atoms with E-state index in [9.17, 15) is 0 Å². The Morgan fingerprint density at radius 2 is 1.95 bits per heavy atom. The van der Waals surface area contributed by atoms with Crippen LogP contribution in [0.25, 0.3) is 0 Å². The molecule has 1 N–H and O–H groups in total. The number of likely N-dealkylation sites (N-methyl/N-ethyl adjacent to an activating group) is 1. The van der Waals surface area contributed by atoms with Gasteiger partial charge in [0.1, 0.15) is 12.4 Å². The number of hydrogen-bond acceptors (Lipinski definition) is 4. The van der Waals surface area contributed by atoms with Crippen LogP contribution in [-0.2, 0) is 11.3 Å². The normalized spacial score (nSPS) is 11.0. The van der Waals surface area contributed by atoms with E-state index in [0.29, 0.717) is 6.61 Å². The molecule has 0 aliphatic heterocycles. The molecule has 1 aromatic carbocycles. The van der Waals surface area contributed by atoms with Crippen LogP contribution in [0.4, 0.5) is 0 Å². The van der Waals surface area contributed by atoms with Gasteiger partial charge in [0.05, 0.1) is 0 Å². The molecule has 0 aliphatic rings. The Labute approximate surface area is 123 Å². The third-order valence-electron chi connectivity index (χ3n) is 3.16. The van der Waals surface area contributed by atoms with Crippen molar-refractivity contribution in [3.05, 3.63) is 29.8 Å². The summed E-state index contributed by atoms with van der Waals surface area (Å²) in [5.74, 6) is 0.985. The summed E-state index contributed by atoms with van der Waals surface area (Å²) in [6.45, 7) is 7.43. The van der Waals surface area contributed by atoms with E-state index in [2.05, 4.69) is 36.3 Å². The summed E-state index contributed by atoms with van der Waals surface area (Å²) < 4.78 is 11.0. The van der Waals surface area contributed by atoms with Crippen molar-refractivity contribution in [2.24, 2.45) is 0 Å². The third-order valence-corrected chi connectivity index (χ3v) is 3.16. The molecule has 0 atom stereocenters. The first-order valence-corrected chi connectivity index (χ1v) is 7.36. The highest BCUT2D eigenvalue weighted by atomic mass is 16.5. The first-order valence-electron chi connectivity index (χ1n) is 7.36. The van der Waals surface area contributed by atoms with Crippen LogP contribution >= 0.6 is 0 Å². The lowest BCUT2D eigenvalue weighted by atomic mass is 10.2. The molecule has 0 amide bonds. The summed E-state index contributed by atoms with van der Waals surface area (Å²) in [7, 11) is 3.86. The first-order chi connectivity index (χ1) is 9.77. The van der Waals surface area contributed by atoms with Gasteiger partial charge in [0.15, 0.2) is 0 Å². The molecule has 0 saturated carbocycles. The van der Waals surface area contributed by atoms with E-state index in [1.165, 1.54) is 5.56 Å². The Bertz CT molecular complexity index is 358. The van der Waals surface area contributed by atoms with Gasteiger partial charge >= 0.3 is 0 Å². The summed E-state index contributed by atoms with van der Waals surface area (Å²) in [5.41, 5.74) is 1.22. The molecule has 20 heavy (non-hydrogen) atoms. The minimum absolute atomic E-state index is 0.715. The third kappa shape index (κ3) is 6.89. The Morgan fingerprint density at radius 1 is 1.15 bits per heavy atom. The highest BCUT2D eigenvalue weighted by molar-refractivity contribution is 5.33. The Kier molecular flexibility index (Phi) is 9.04. The van der Waals surface area contributed by atoms with Gasteiger partial charge in [-0.3, -0.25) is 0 Å². The van der Waals surface area contributed by atoms with Gasteiger partial charge in [0.2, 0.25) is 0 Å². The van der Waals surface area contributed by atoms with Gasteiger partial charge in [-0.15, -0.1) is 0 Å². The van der Waals surface area contributed by atoms with Gasteiger partial charge in [0.25, 0.3) is 0 Å². The Hall–Kier alpha value is -1.10. The largest absolute Gasteiger partial charge is 0.492 e. The monoisotopic (exact) mass is 280 g/mol. The molecule has 0 fully saturated rings. The first kappa shape index (κ1) is 17.0. The van der Waals surface area contributed by atoms with Crippen molar-refractivity contribution in [3.63, 3.8) is 0 Å². The van der Waals surface area contributed by atoms with E-state index in [-0.39, 0.29) is 0 Å². The van der Waals surface area contributed by atoms with Crippen LogP contribution < -0.4 is 10.1 Å². The predicted molar refractivity (Wildman–Crippen MR) is 83.3 cm³/mol. The number of nitrogens with zero attached hydrogens (tertiary/aromatic N) is 1. The van der Waals surface area contributed by atoms with Crippen LogP contribution in [0.5, 0.6) is 5.75 Å². The van der Waals surface area contributed by atoms with Crippen molar-refractivity contribution in [1.82, 2.24) is 10.2 Å². The number of methoxy groups -OCH3 is 1. The van der Waals surface area contributed by atoms with Crippen LogP contribution in [0.2, 0.25) is 0 Å². The molecule has 0 unspecified atom stereocenters. The standard InChI is InChI=1S/C16H28N2O2/c1-4-17-14-15-8-5-6-9-16(15)20-13-11-18(2)10-7-12-19-3/h5-6,8-9,17H,4,7,10-14H2,1-3H3. The number of benzene rings is 1. The van der Waals surface area contributed by atoms with Gasteiger partial charge in [-0.2, -0.15) is 0 Å². The Morgan fingerprint density at radius 3 is 2.70 bits per heavy atom. The fourth-order valence-electron chi connectivity index (χ4n) is 1.95. The summed E-state index contributed by atoms with van der Waals surface area (Å²) in [5, 5.41) is 3.33. The SMILES string of the molecule is CCNCc1ccccc1OCCN(C)CCCOC. The van der Waals surface area contributed by atoms with Gasteiger partial charge in [-0.1, -0.05) is 25.1 Å². The van der Waals surface area contributed by atoms with Crippen molar-refractivity contribution in [2.75, 3.05) is 47.0 Å². The molecule has 0 bridgehead atoms. The van der Waals surface area contributed by atoms with Crippen LogP contribution in [0.3, 0.4) is 0 Å². The zero-order valence-corrected chi connectivity index (χ0v) is 13.0. The maximum absolute atomic E-state index is 5.90. The number of ether oxygens (including phenoxy) is 2. The zero-order chi connectivity index (χ0) is 14.6. The molecule has 0 heterocycles. The molecule has 1 aromatic rings. The lowest BCUT2D eigenvalue weighted by Crippen LogP contribution is -2.26. The molecule has 4 heteroatoms. The average molecular weight is 280 g/mol. The van der Waals surface area contributed by atoms with E-state index in [1.54, 1.807) is 7.11 Å². The second kappa shape index (κ2) is 10.7. The van der Waals surface area contributed by atoms with Gasteiger partial charge < -0.3 is 19.7 Å². The fourth-order valence-corrected chi connectivity index (χ4v) is 1.95. The molecule has 0 aliphatic carbocycles. The quantitative estimate of drug-likeness (QED) is 0.630. The fraction of sp³-hybridized carbons (Fsp3) is 0.625. The maximum Gasteiger partial charge on any atom is 0.123 e. The summed E-state index contributed by atoms with van der Waals surface area (Å²) in [4.78, 5) is 2.27. The van der Waals surface area contributed by atoms with Gasteiger partial charge in [0, 0.05) is 38.9 Å². The summed E-state index contributed by atoms with van der Waals surface area (Å²) in [6.07, 6.45) is 1.06. The number of nitrogens with one attached hydrogen (secondary N) is 1. The van der Waals surface area contributed by atoms with Gasteiger partial charge in [-0.05, 0) is 26.1 Å². The zero-order valence-electron chi connectivity index (χ0n) is 13.0. The maximum atomic E-state index is 5.90. The van der Waals surface area contributed by atoms with Crippen molar-refractivity contribution in [3.8, 4) is 5.75 Å². The highest BCUT2D eigenvalue weighted by Crippen LogP contribution is 2.17. The smallest absolute Gasteiger partial charge is 0.123 e. The number of hydrogen-bond donors (Lipinski definition) is 1. The molecular formula is C16H28N2O2. The minimum Gasteiger partial charge on any atom is -0.492 e. The van der Waals surface area contributed by atoms with Crippen molar-refractivity contribution >= 4 is 0 Å². The predicted octanol–water partition coefficient (Wildman–Crippen LogP) is 2.14. The molecule has 1 rings (SSSR count). The second-order valence-electron chi connectivity index (χ2n) is 4.89. The topological polar surface area (TPSA) is 33.7 Å². The summed E-state index contributed by atoms with van der Waals surface area (Å²) in [6, 6.07) is 8.22. The molecule has 0 aromatic heterocycles. The van der Waals surface area contributed by atoms with Crippen molar-refractivity contribution in [1.29, 1.82) is 0 Å². The summed E-state index contributed by atoms with van der Waals surface area (Å²) >= 11 is 0. The lowest BCUT2D eigenvalue weighted by Gasteiger charge is -2.17. The van der Waals surface area contributed by atoms with E-state index < -0.39 is 0 Å². The number of rotatable bonds is 11. The minimum atomic E-state index is 0.715. The van der Waals surface area contributed by atoms with Crippen LogP contribution in [0.1, 0.15) is 18.9 Å². The van der Waals surface area contributed by atoms with Gasteiger partial charge in [-0.25, -0.2) is 0 Å². The van der Waals surface area contributed by atoms with Crippen LogP contribution in [0, 0.1) is 0 Å². The van der Waals surface area contributed by atoms with Crippen molar-refractivity contribution < 1.29 is 9.47 Å². The Balaban J connectivity index is 2.30. The average Bonchev–Trinajstić information content (AvgIpc) is 2.46. The lowest BCUT2D eigenvalue weighted by molar-refractivity contribution is 0.171. The van der Waals surface area contributed by atoms with E-state index in [4.69, 9.17) is 9.47 Å². The van der Waals surface area contributed by atoms with E-state index >= 15 is 0 Å². The van der Waals surface area contributed by atoms with E-state index in [1.807, 2.05) is 12.1 Å². The molecule has 4 nitrogen and oxygen atoms in total.